The minimum atomic E-state index is -0.543. The van der Waals surface area contributed by atoms with Gasteiger partial charge in [-0.3, -0.25) is 4.79 Å². The fourth-order valence-corrected chi connectivity index (χ4v) is 2.38. The van der Waals surface area contributed by atoms with Crippen LogP contribution < -0.4 is 10.6 Å². The van der Waals surface area contributed by atoms with Crippen LogP contribution in [0, 0.1) is 25.2 Å². The summed E-state index contributed by atoms with van der Waals surface area (Å²) in [7, 11) is 0. The van der Waals surface area contributed by atoms with Gasteiger partial charge in [-0.05, 0) is 56.7 Å². The Bertz CT molecular complexity index is 909. The second kappa shape index (κ2) is 9.20. The van der Waals surface area contributed by atoms with Crippen LogP contribution in [0.2, 0.25) is 0 Å². The average Bonchev–Trinajstić information content (AvgIpc) is 2.64. The predicted molar refractivity (Wildman–Crippen MR) is 104 cm³/mol. The summed E-state index contributed by atoms with van der Waals surface area (Å²) in [6, 6.07) is 14.0. The third-order valence-electron chi connectivity index (χ3n) is 3.77. The van der Waals surface area contributed by atoms with Crippen molar-refractivity contribution in [3.05, 3.63) is 70.9 Å². The average molecular weight is 363 g/mol. The molecule has 6 heteroatoms. The minimum Gasteiger partial charge on any atom is -0.462 e. The SMILES string of the molecule is CCOC(=O)c1ccc(NC(=O)/C(C#N)=C\Nc2ccc(C)cc2C)cc1. The van der Waals surface area contributed by atoms with E-state index in [1.54, 1.807) is 31.2 Å². The van der Waals surface area contributed by atoms with E-state index in [9.17, 15) is 14.9 Å². The van der Waals surface area contributed by atoms with Gasteiger partial charge in [0.05, 0.1) is 12.2 Å². The fourth-order valence-electron chi connectivity index (χ4n) is 2.38. The number of rotatable bonds is 6. The molecule has 0 aliphatic heterocycles. The number of anilines is 2. The second-order valence-electron chi connectivity index (χ2n) is 5.88. The number of benzene rings is 2. The van der Waals surface area contributed by atoms with E-state index in [0.29, 0.717) is 17.9 Å². The predicted octanol–water partition coefficient (Wildman–Crippen LogP) is 3.94. The zero-order valence-corrected chi connectivity index (χ0v) is 15.5. The Labute approximate surface area is 158 Å². The molecule has 0 spiro atoms. The third kappa shape index (κ3) is 5.44. The van der Waals surface area contributed by atoms with Gasteiger partial charge < -0.3 is 15.4 Å². The highest BCUT2D eigenvalue weighted by Gasteiger charge is 2.11. The van der Waals surface area contributed by atoms with Crippen molar-refractivity contribution in [3.8, 4) is 6.07 Å². The van der Waals surface area contributed by atoms with Crippen LogP contribution in [0.25, 0.3) is 0 Å². The Kier molecular flexibility index (Phi) is 6.73. The number of amides is 1. The Morgan fingerprint density at radius 2 is 1.85 bits per heavy atom. The summed E-state index contributed by atoms with van der Waals surface area (Å²) in [4.78, 5) is 23.9. The molecule has 2 N–H and O–H groups in total. The molecule has 0 fully saturated rings. The molecule has 0 radical (unpaired) electrons. The molecule has 0 aromatic heterocycles. The van der Waals surface area contributed by atoms with Crippen LogP contribution >= 0.6 is 0 Å². The van der Waals surface area contributed by atoms with E-state index in [1.807, 2.05) is 38.1 Å². The summed E-state index contributed by atoms with van der Waals surface area (Å²) < 4.78 is 4.91. The molecule has 2 rings (SSSR count). The first-order chi connectivity index (χ1) is 12.9. The van der Waals surface area contributed by atoms with Crippen LogP contribution in [0.5, 0.6) is 0 Å². The zero-order chi connectivity index (χ0) is 19.8. The molecule has 2 aromatic rings. The van der Waals surface area contributed by atoms with E-state index < -0.39 is 11.9 Å². The minimum absolute atomic E-state index is 0.0653. The van der Waals surface area contributed by atoms with E-state index in [1.165, 1.54) is 6.20 Å². The van der Waals surface area contributed by atoms with Crippen LogP contribution in [-0.4, -0.2) is 18.5 Å². The molecule has 0 heterocycles. The van der Waals surface area contributed by atoms with Gasteiger partial charge in [-0.2, -0.15) is 5.26 Å². The van der Waals surface area contributed by atoms with Crippen LogP contribution in [0.1, 0.15) is 28.4 Å². The van der Waals surface area contributed by atoms with Crippen molar-refractivity contribution in [1.82, 2.24) is 0 Å². The van der Waals surface area contributed by atoms with Gasteiger partial charge in [-0.15, -0.1) is 0 Å². The first-order valence-electron chi connectivity index (χ1n) is 8.47. The summed E-state index contributed by atoms with van der Waals surface area (Å²) in [5.74, 6) is -0.968. The Hall–Kier alpha value is -3.59. The van der Waals surface area contributed by atoms with Crippen LogP contribution in [0.4, 0.5) is 11.4 Å². The quantitative estimate of drug-likeness (QED) is 0.461. The number of hydrogen-bond donors (Lipinski definition) is 2. The van der Waals surface area contributed by atoms with Crippen molar-refractivity contribution < 1.29 is 14.3 Å². The number of aryl methyl sites for hydroxylation is 2. The third-order valence-corrected chi connectivity index (χ3v) is 3.77. The number of nitriles is 1. The molecule has 0 unspecified atom stereocenters. The van der Waals surface area contributed by atoms with Gasteiger partial charge in [0, 0.05) is 17.6 Å². The summed E-state index contributed by atoms with van der Waals surface area (Å²) in [6.45, 7) is 5.96. The van der Waals surface area contributed by atoms with Gasteiger partial charge in [-0.25, -0.2) is 4.79 Å². The molecule has 0 aliphatic rings. The highest BCUT2D eigenvalue weighted by molar-refractivity contribution is 6.06. The van der Waals surface area contributed by atoms with Gasteiger partial charge in [0.15, 0.2) is 0 Å². The largest absolute Gasteiger partial charge is 0.462 e. The lowest BCUT2D eigenvalue weighted by atomic mass is 10.1. The van der Waals surface area contributed by atoms with E-state index in [0.717, 1.165) is 16.8 Å². The molecule has 0 bridgehead atoms. The summed E-state index contributed by atoms with van der Waals surface area (Å²) in [5, 5.41) is 14.9. The first-order valence-corrected chi connectivity index (χ1v) is 8.47. The maximum atomic E-state index is 12.3. The van der Waals surface area contributed by atoms with Crippen molar-refractivity contribution in [3.63, 3.8) is 0 Å². The monoisotopic (exact) mass is 363 g/mol. The number of esters is 1. The van der Waals surface area contributed by atoms with E-state index in [-0.39, 0.29) is 5.57 Å². The van der Waals surface area contributed by atoms with Gasteiger partial charge in [0.2, 0.25) is 0 Å². The van der Waals surface area contributed by atoms with E-state index >= 15 is 0 Å². The van der Waals surface area contributed by atoms with Crippen molar-refractivity contribution in [2.45, 2.75) is 20.8 Å². The molecule has 0 saturated heterocycles. The zero-order valence-electron chi connectivity index (χ0n) is 15.5. The highest BCUT2D eigenvalue weighted by Crippen LogP contribution is 2.17. The molecular weight excluding hydrogens is 342 g/mol. The standard InChI is InChI=1S/C21H21N3O3/c1-4-27-21(26)16-6-8-18(9-7-16)24-20(25)17(12-22)13-23-19-10-5-14(2)11-15(19)3/h5-11,13,23H,4H2,1-3H3,(H,24,25)/b17-13-. The smallest absolute Gasteiger partial charge is 0.338 e. The van der Waals surface area contributed by atoms with Crippen molar-refractivity contribution in [1.29, 1.82) is 5.26 Å². The van der Waals surface area contributed by atoms with E-state index in [4.69, 9.17) is 4.74 Å². The lowest BCUT2D eigenvalue weighted by molar-refractivity contribution is -0.112. The molecule has 2 aromatic carbocycles. The normalized spacial score (nSPS) is 10.7. The lowest BCUT2D eigenvalue weighted by Gasteiger charge is -2.08. The maximum absolute atomic E-state index is 12.3. The molecular formula is C21H21N3O3. The number of hydrogen-bond acceptors (Lipinski definition) is 5. The molecule has 0 aliphatic carbocycles. The Balaban J connectivity index is 2.06. The second-order valence-corrected chi connectivity index (χ2v) is 5.88. The molecule has 0 atom stereocenters. The molecule has 138 valence electrons. The molecule has 0 saturated carbocycles. The molecule has 6 nitrogen and oxygen atoms in total. The Morgan fingerprint density at radius 3 is 2.44 bits per heavy atom. The number of nitrogens with zero attached hydrogens (tertiary/aromatic N) is 1. The van der Waals surface area contributed by atoms with Crippen LogP contribution in [0.3, 0.4) is 0 Å². The molecule has 1 amide bonds. The van der Waals surface area contributed by atoms with Crippen molar-refractivity contribution in [2.24, 2.45) is 0 Å². The first kappa shape index (κ1) is 19.7. The number of nitrogens with one attached hydrogen (secondary N) is 2. The Morgan fingerprint density at radius 1 is 1.15 bits per heavy atom. The maximum Gasteiger partial charge on any atom is 0.338 e. The summed E-state index contributed by atoms with van der Waals surface area (Å²) in [6.07, 6.45) is 1.37. The van der Waals surface area contributed by atoms with Crippen molar-refractivity contribution >= 4 is 23.3 Å². The highest BCUT2D eigenvalue weighted by atomic mass is 16.5. The van der Waals surface area contributed by atoms with E-state index in [2.05, 4.69) is 10.6 Å². The topological polar surface area (TPSA) is 91.2 Å². The van der Waals surface area contributed by atoms with Gasteiger partial charge >= 0.3 is 5.97 Å². The van der Waals surface area contributed by atoms with Crippen molar-refractivity contribution in [2.75, 3.05) is 17.2 Å². The lowest BCUT2D eigenvalue weighted by Crippen LogP contribution is -2.15. The van der Waals surface area contributed by atoms with Crippen LogP contribution in [-0.2, 0) is 9.53 Å². The summed E-state index contributed by atoms with van der Waals surface area (Å²) in [5.41, 5.74) is 3.76. The number of ether oxygens (including phenoxy) is 1. The van der Waals surface area contributed by atoms with Crippen LogP contribution in [0.15, 0.2) is 54.2 Å². The van der Waals surface area contributed by atoms with Gasteiger partial charge in [0.1, 0.15) is 11.6 Å². The number of carbonyl (C=O) groups excluding carboxylic acids is 2. The fraction of sp³-hybridized carbons (Fsp3) is 0.190. The molecule has 27 heavy (non-hydrogen) atoms. The van der Waals surface area contributed by atoms with Gasteiger partial charge in [0.25, 0.3) is 5.91 Å². The van der Waals surface area contributed by atoms with Gasteiger partial charge in [-0.1, -0.05) is 17.7 Å². The number of carbonyl (C=O) groups is 2. The summed E-state index contributed by atoms with van der Waals surface area (Å²) >= 11 is 0.